The molecule has 2 heterocycles. The molecule has 0 bridgehead atoms. The van der Waals surface area contributed by atoms with Gasteiger partial charge in [0.15, 0.2) is 5.17 Å². The van der Waals surface area contributed by atoms with Gasteiger partial charge in [-0.2, -0.15) is 5.26 Å². The van der Waals surface area contributed by atoms with Gasteiger partial charge in [0.25, 0.3) is 5.91 Å². The van der Waals surface area contributed by atoms with Crippen LogP contribution in [-0.2, 0) is 11.3 Å². The van der Waals surface area contributed by atoms with E-state index in [1.54, 1.807) is 0 Å². The first kappa shape index (κ1) is 22.5. The third-order valence-corrected chi connectivity index (χ3v) is 6.52. The standard InChI is InChI=1S/C28H22N4O2S/c1-2-34-23-13-11-22(12-14-23)30-28-31-27(33)26(35-28)15-21-18-32(25-10-6-5-9-24(21)25)17-20-8-4-3-7-19(20)16-29/h3-15,18H,2,17H2,1H3,(H,30,31,33)/b26-15+. The van der Waals surface area contributed by atoms with Crippen molar-refractivity contribution >= 4 is 45.5 Å². The monoisotopic (exact) mass is 478 g/mol. The predicted molar refractivity (Wildman–Crippen MR) is 141 cm³/mol. The van der Waals surface area contributed by atoms with Gasteiger partial charge < -0.3 is 14.6 Å². The third kappa shape index (κ3) is 4.84. The maximum atomic E-state index is 12.7. The van der Waals surface area contributed by atoms with Gasteiger partial charge >= 0.3 is 0 Å². The van der Waals surface area contributed by atoms with Crippen LogP contribution in [0.25, 0.3) is 17.0 Å². The van der Waals surface area contributed by atoms with E-state index in [1.165, 1.54) is 11.8 Å². The Kier molecular flexibility index (Phi) is 6.38. The lowest BCUT2D eigenvalue weighted by Gasteiger charge is -2.07. The number of hydrogen-bond donors (Lipinski definition) is 1. The summed E-state index contributed by atoms with van der Waals surface area (Å²) in [5.74, 6) is 0.611. The number of hydrogen-bond acceptors (Lipinski definition) is 5. The number of nitrogens with one attached hydrogen (secondary N) is 1. The van der Waals surface area contributed by atoms with Crippen LogP contribution < -0.4 is 10.1 Å². The number of carbonyl (C=O) groups excluding carboxylic acids is 1. The first-order valence-electron chi connectivity index (χ1n) is 11.2. The minimum Gasteiger partial charge on any atom is -0.494 e. The number of ether oxygens (including phenoxy) is 1. The fourth-order valence-corrected chi connectivity index (χ4v) is 4.83. The van der Waals surface area contributed by atoms with Gasteiger partial charge in [-0.15, -0.1) is 0 Å². The molecule has 5 rings (SSSR count). The fraction of sp³-hybridized carbons (Fsp3) is 0.107. The zero-order chi connectivity index (χ0) is 24.2. The first-order valence-corrected chi connectivity index (χ1v) is 12.0. The Morgan fingerprint density at radius 3 is 2.66 bits per heavy atom. The zero-order valence-corrected chi connectivity index (χ0v) is 19.9. The average Bonchev–Trinajstić information content (AvgIpc) is 3.40. The number of nitrogens with zero attached hydrogens (tertiary/aromatic N) is 3. The summed E-state index contributed by atoms with van der Waals surface area (Å²) in [4.78, 5) is 17.8. The molecule has 1 N–H and O–H groups in total. The van der Waals surface area contributed by atoms with Gasteiger partial charge in [-0.3, -0.25) is 4.79 Å². The van der Waals surface area contributed by atoms with Crippen molar-refractivity contribution in [3.05, 3.63) is 101 Å². The Morgan fingerprint density at radius 1 is 1.09 bits per heavy atom. The number of benzene rings is 3. The number of para-hydroxylation sites is 1. The van der Waals surface area contributed by atoms with Gasteiger partial charge in [-0.1, -0.05) is 36.4 Å². The number of rotatable bonds is 6. The molecule has 7 heteroatoms. The molecule has 0 unspecified atom stereocenters. The molecular weight excluding hydrogens is 456 g/mol. The molecule has 6 nitrogen and oxygen atoms in total. The molecule has 1 saturated heterocycles. The van der Waals surface area contributed by atoms with Crippen molar-refractivity contribution in [3.63, 3.8) is 0 Å². The van der Waals surface area contributed by atoms with E-state index in [0.717, 1.165) is 33.5 Å². The lowest BCUT2D eigenvalue weighted by atomic mass is 10.1. The summed E-state index contributed by atoms with van der Waals surface area (Å²) in [6.45, 7) is 3.11. The number of amides is 1. The van der Waals surface area contributed by atoms with E-state index in [9.17, 15) is 10.1 Å². The minimum absolute atomic E-state index is 0.175. The van der Waals surface area contributed by atoms with E-state index in [1.807, 2.05) is 92.0 Å². The van der Waals surface area contributed by atoms with Crippen LogP contribution in [0.4, 0.5) is 5.69 Å². The van der Waals surface area contributed by atoms with E-state index in [2.05, 4.69) is 20.9 Å². The second kappa shape index (κ2) is 9.92. The zero-order valence-electron chi connectivity index (χ0n) is 19.1. The Morgan fingerprint density at radius 2 is 1.86 bits per heavy atom. The summed E-state index contributed by atoms with van der Waals surface area (Å²) in [6.07, 6.45) is 3.93. The Balaban J connectivity index is 1.44. The van der Waals surface area contributed by atoms with E-state index < -0.39 is 0 Å². The predicted octanol–water partition coefficient (Wildman–Crippen LogP) is 5.85. The maximum absolute atomic E-state index is 12.7. The van der Waals surface area contributed by atoms with Gasteiger partial charge in [0.1, 0.15) is 5.75 Å². The number of fused-ring (bicyclic) bond motifs is 1. The van der Waals surface area contributed by atoms with Crippen molar-refractivity contribution in [2.75, 3.05) is 6.61 Å². The second-order valence-electron chi connectivity index (χ2n) is 7.91. The molecule has 4 aromatic rings. The van der Waals surface area contributed by atoms with Crippen LogP contribution in [0.2, 0.25) is 0 Å². The van der Waals surface area contributed by atoms with Gasteiger partial charge in [0.05, 0.1) is 28.8 Å². The van der Waals surface area contributed by atoms with Crippen LogP contribution >= 0.6 is 11.8 Å². The highest BCUT2D eigenvalue weighted by Gasteiger charge is 2.24. The SMILES string of the molecule is CCOc1ccc(N=C2NC(=O)/C(=C\c3cn(Cc4ccccc4C#N)c4ccccc34)S2)cc1. The summed E-state index contributed by atoms with van der Waals surface area (Å²) < 4.78 is 7.58. The van der Waals surface area contributed by atoms with Gasteiger partial charge in [0, 0.05) is 29.2 Å². The highest BCUT2D eigenvalue weighted by Crippen LogP contribution is 2.31. The molecule has 3 aromatic carbocycles. The largest absolute Gasteiger partial charge is 0.494 e. The summed E-state index contributed by atoms with van der Waals surface area (Å²) in [5.41, 5.74) is 4.33. The second-order valence-corrected chi connectivity index (χ2v) is 8.94. The van der Waals surface area contributed by atoms with Gasteiger partial charge in [0.2, 0.25) is 0 Å². The highest BCUT2D eigenvalue weighted by molar-refractivity contribution is 8.18. The van der Waals surface area contributed by atoms with Crippen molar-refractivity contribution in [1.29, 1.82) is 5.26 Å². The number of amidine groups is 1. The van der Waals surface area contributed by atoms with Crippen LogP contribution in [0.3, 0.4) is 0 Å². The van der Waals surface area contributed by atoms with Crippen molar-refractivity contribution in [1.82, 2.24) is 9.88 Å². The van der Waals surface area contributed by atoms with E-state index in [4.69, 9.17) is 4.74 Å². The Hall–Kier alpha value is -4.28. The third-order valence-electron chi connectivity index (χ3n) is 5.61. The number of aliphatic imine (C=N–C) groups is 1. The normalized spacial score (nSPS) is 15.5. The molecule has 1 fully saturated rings. The molecule has 172 valence electrons. The molecule has 0 atom stereocenters. The summed E-state index contributed by atoms with van der Waals surface area (Å²) in [5, 5.41) is 13.9. The number of nitriles is 1. The maximum Gasteiger partial charge on any atom is 0.264 e. The molecule has 0 spiro atoms. The van der Waals surface area contributed by atoms with E-state index in [0.29, 0.717) is 28.8 Å². The van der Waals surface area contributed by atoms with Crippen LogP contribution in [-0.4, -0.2) is 22.2 Å². The van der Waals surface area contributed by atoms with Crippen molar-refractivity contribution in [2.45, 2.75) is 13.5 Å². The molecule has 1 aliphatic rings. The average molecular weight is 479 g/mol. The van der Waals surface area contributed by atoms with Gasteiger partial charge in [-0.05, 0) is 66.7 Å². The lowest BCUT2D eigenvalue weighted by Crippen LogP contribution is -2.19. The lowest BCUT2D eigenvalue weighted by molar-refractivity contribution is -0.115. The number of carbonyl (C=O) groups is 1. The van der Waals surface area contributed by atoms with Crippen LogP contribution in [0, 0.1) is 11.3 Å². The molecule has 0 saturated carbocycles. The molecule has 0 aliphatic carbocycles. The molecule has 35 heavy (non-hydrogen) atoms. The molecule has 1 aliphatic heterocycles. The molecular formula is C28H22N4O2S. The quantitative estimate of drug-likeness (QED) is 0.353. The van der Waals surface area contributed by atoms with Crippen LogP contribution in [0.15, 0.2) is 88.9 Å². The van der Waals surface area contributed by atoms with Crippen molar-refractivity contribution in [3.8, 4) is 11.8 Å². The van der Waals surface area contributed by atoms with Crippen molar-refractivity contribution in [2.24, 2.45) is 4.99 Å². The van der Waals surface area contributed by atoms with Crippen LogP contribution in [0.1, 0.15) is 23.6 Å². The van der Waals surface area contributed by atoms with Crippen LogP contribution in [0.5, 0.6) is 5.75 Å². The Bertz CT molecular complexity index is 1510. The molecule has 1 aromatic heterocycles. The fourth-order valence-electron chi connectivity index (χ4n) is 3.99. The summed E-state index contributed by atoms with van der Waals surface area (Å²) >= 11 is 1.32. The van der Waals surface area contributed by atoms with E-state index >= 15 is 0 Å². The molecule has 1 amide bonds. The highest BCUT2D eigenvalue weighted by atomic mass is 32.2. The number of aromatic nitrogens is 1. The Labute approximate surface area is 207 Å². The number of thioether (sulfide) groups is 1. The topological polar surface area (TPSA) is 79.4 Å². The minimum atomic E-state index is -0.175. The summed E-state index contributed by atoms with van der Waals surface area (Å²) in [6, 6.07) is 25.4. The first-order chi connectivity index (χ1) is 17.1. The van der Waals surface area contributed by atoms with E-state index in [-0.39, 0.29) is 5.91 Å². The van der Waals surface area contributed by atoms with Gasteiger partial charge in [-0.25, -0.2) is 4.99 Å². The molecule has 0 radical (unpaired) electrons. The summed E-state index contributed by atoms with van der Waals surface area (Å²) in [7, 11) is 0. The van der Waals surface area contributed by atoms with Crippen molar-refractivity contribution < 1.29 is 9.53 Å². The smallest absolute Gasteiger partial charge is 0.264 e.